The average Bonchev–Trinajstić information content (AvgIpc) is 2.75. The summed E-state index contributed by atoms with van der Waals surface area (Å²) in [5, 5.41) is 0. The van der Waals surface area contributed by atoms with Crippen molar-refractivity contribution in [3.63, 3.8) is 0 Å². The standard InChI is InChI=1S/C27H33N3/c1-5-9-24-13-12-23(18-21(24)2)20-30-17-15-25(19-22(30)3)27(14-16-28-4)29-26-10-7-6-8-11-26/h5,9,12-19,26H,3-4,6-8,10-11,20H2,1-2H3/b9-5-,16-14-,29-27?. The summed E-state index contributed by atoms with van der Waals surface area (Å²) in [5.41, 5.74) is 6.86. The molecular weight excluding hydrogens is 366 g/mol. The highest BCUT2D eigenvalue weighted by molar-refractivity contribution is 6.10. The van der Waals surface area contributed by atoms with Crippen LogP contribution in [0.4, 0.5) is 0 Å². The fourth-order valence-electron chi connectivity index (χ4n) is 4.03. The van der Waals surface area contributed by atoms with Crippen molar-refractivity contribution in [3.8, 4) is 0 Å². The topological polar surface area (TPSA) is 28.0 Å². The summed E-state index contributed by atoms with van der Waals surface area (Å²) in [6.07, 6.45) is 20.5. The van der Waals surface area contributed by atoms with Crippen LogP contribution in [0, 0.1) is 6.92 Å². The van der Waals surface area contributed by atoms with Crippen LogP contribution in [-0.4, -0.2) is 23.4 Å². The van der Waals surface area contributed by atoms with Crippen molar-refractivity contribution in [2.45, 2.75) is 58.5 Å². The van der Waals surface area contributed by atoms with Crippen molar-refractivity contribution >= 4 is 18.5 Å². The largest absolute Gasteiger partial charge is 0.344 e. The highest BCUT2D eigenvalue weighted by atomic mass is 15.1. The Bertz CT molecular complexity index is 921. The van der Waals surface area contributed by atoms with Crippen molar-refractivity contribution in [2.24, 2.45) is 9.98 Å². The lowest BCUT2D eigenvalue weighted by atomic mass is 9.95. The molecule has 0 unspecified atom stereocenters. The molecule has 2 aliphatic rings. The van der Waals surface area contributed by atoms with E-state index in [0.717, 1.165) is 23.5 Å². The summed E-state index contributed by atoms with van der Waals surface area (Å²) in [6, 6.07) is 7.04. The van der Waals surface area contributed by atoms with Gasteiger partial charge in [0.2, 0.25) is 0 Å². The van der Waals surface area contributed by atoms with Crippen LogP contribution >= 0.6 is 0 Å². The predicted molar refractivity (Wildman–Crippen MR) is 131 cm³/mol. The Kier molecular flexibility index (Phi) is 7.78. The van der Waals surface area contributed by atoms with Gasteiger partial charge in [-0.1, -0.05) is 56.2 Å². The molecule has 0 aromatic heterocycles. The third-order valence-electron chi connectivity index (χ3n) is 5.69. The normalized spacial score (nSPS) is 18.5. The van der Waals surface area contributed by atoms with Gasteiger partial charge in [0.1, 0.15) is 0 Å². The van der Waals surface area contributed by atoms with Gasteiger partial charge in [-0.05, 0) is 68.3 Å². The zero-order valence-electron chi connectivity index (χ0n) is 18.3. The summed E-state index contributed by atoms with van der Waals surface area (Å²) in [4.78, 5) is 11.1. The number of hydrogen-bond donors (Lipinski definition) is 0. The lowest BCUT2D eigenvalue weighted by molar-refractivity contribution is 0.443. The molecule has 0 amide bonds. The number of hydrogen-bond acceptors (Lipinski definition) is 3. The molecule has 1 heterocycles. The molecule has 30 heavy (non-hydrogen) atoms. The summed E-state index contributed by atoms with van der Waals surface area (Å²) in [5.74, 6) is 0. The molecule has 0 atom stereocenters. The minimum absolute atomic E-state index is 0.405. The Morgan fingerprint density at radius 3 is 2.70 bits per heavy atom. The Morgan fingerprint density at radius 1 is 1.23 bits per heavy atom. The maximum absolute atomic E-state index is 5.04. The van der Waals surface area contributed by atoms with E-state index in [1.165, 1.54) is 48.8 Å². The van der Waals surface area contributed by atoms with Crippen LogP contribution in [0.15, 0.2) is 82.7 Å². The highest BCUT2D eigenvalue weighted by Crippen LogP contribution is 2.25. The number of rotatable bonds is 7. The van der Waals surface area contributed by atoms with Crippen LogP contribution in [0.2, 0.25) is 0 Å². The second-order valence-corrected chi connectivity index (χ2v) is 8.03. The zero-order chi connectivity index (χ0) is 21.3. The third kappa shape index (κ3) is 5.79. The van der Waals surface area contributed by atoms with E-state index in [0.29, 0.717) is 6.04 Å². The van der Waals surface area contributed by atoms with Crippen LogP contribution in [0.25, 0.3) is 6.08 Å². The Hall–Kier alpha value is -2.94. The molecule has 1 aliphatic heterocycles. The number of nitrogens with zero attached hydrogens (tertiary/aromatic N) is 3. The van der Waals surface area contributed by atoms with E-state index in [2.05, 4.69) is 78.8 Å². The minimum atomic E-state index is 0.405. The number of benzene rings is 1. The van der Waals surface area contributed by atoms with Gasteiger partial charge in [-0.25, -0.2) is 0 Å². The van der Waals surface area contributed by atoms with Crippen LogP contribution < -0.4 is 0 Å². The zero-order valence-corrected chi connectivity index (χ0v) is 18.3. The lowest BCUT2D eigenvalue weighted by Crippen LogP contribution is -2.19. The van der Waals surface area contributed by atoms with Crippen molar-refractivity contribution < 1.29 is 0 Å². The molecule has 0 bridgehead atoms. The van der Waals surface area contributed by atoms with Crippen molar-refractivity contribution in [2.75, 3.05) is 0 Å². The smallest absolute Gasteiger partial charge is 0.0666 e. The SMILES string of the molecule is C=N/C=C\C(=NC1CCCCC1)C1=CC(=C)N(Cc2ccc(/C=C\C)c(C)c2)C=C1. The van der Waals surface area contributed by atoms with Gasteiger partial charge in [-0.2, -0.15) is 0 Å². The molecule has 3 heteroatoms. The number of allylic oxidation sites excluding steroid dienone is 5. The molecule has 3 rings (SSSR count). The lowest BCUT2D eigenvalue weighted by Gasteiger charge is -2.26. The Balaban J connectivity index is 1.74. The summed E-state index contributed by atoms with van der Waals surface area (Å²) in [6.45, 7) is 12.9. The Labute approximate surface area is 181 Å². The van der Waals surface area contributed by atoms with Gasteiger partial charge in [-0.3, -0.25) is 9.98 Å². The van der Waals surface area contributed by atoms with Gasteiger partial charge in [0.25, 0.3) is 0 Å². The monoisotopic (exact) mass is 399 g/mol. The molecule has 3 nitrogen and oxygen atoms in total. The van der Waals surface area contributed by atoms with E-state index >= 15 is 0 Å². The highest BCUT2D eigenvalue weighted by Gasteiger charge is 2.16. The van der Waals surface area contributed by atoms with Gasteiger partial charge >= 0.3 is 0 Å². The molecule has 1 aromatic carbocycles. The molecule has 156 valence electrons. The quantitative estimate of drug-likeness (QED) is 0.464. The first-order valence-corrected chi connectivity index (χ1v) is 10.9. The van der Waals surface area contributed by atoms with Crippen LogP contribution in [0.3, 0.4) is 0 Å². The summed E-state index contributed by atoms with van der Waals surface area (Å²) < 4.78 is 0. The van der Waals surface area contributed by atoms with Crippen LogP contribution in [0.5, 0.6) is 0 Å². The van der Waals surface area contributed by atoms with Gasteiger partial charge < -0.3 is 4.90 Å². The van der Waals surface area contributed by atoms with Gasteiger partial charge in [0, 0.05) is 30.2 Å². The van der Waals surface area contributed by atoms with E-state index in [4.69, 9.17) is 4.99 Å². The van der Waals surface area contributed by atoms with Gasteiger partial charge in [0.15, 0.2) is 0 Å². The number of aliphatic imine (C=N–C) groups is 2. The Morgan fingerprint density at radius 2 is 2.03 bits per heavy atom. The molecular formula is C27H33N3. The van der Waals surface area contributed by atoms with Crippen LogP contribution in [0.1, 0.15) is 55.7 Å². The van der Waals surface area contributed by atoms with E-state index in [9.17, 15) is 0 Å². The fourth-order valence-corrected chi connectivity index (χ4v) is 4.03. The molecule has 1 fully saturated rings. The molecule has 0 radical (unpaired) electrons. The molecule has 0 saturated heterocycles. The van der Waals surface area contributed by atoms with Gasteiger partial charge in [-0.15, -0.1) is 0 Å². The first-order valence-electron chi connectivity index (χ1n) is 10.9. The average molecular weight is 400 g/mol. The van der Waals surface area contributed by atoms with E-state index in [-0.39, 0.29) is 0 Å². The van der Waals surface area contributed by atoms with E-state index in [1.807, 2.05) is 13.0 Å². The molecule has 1 saturated carbocycles. The first kappa shape index (κ1) is 21.8. The second-order valence-electron chi connectivity index (χ2n) is 8.03. The molecule has 0 spiro atoms. The van der Waals surface area contributed by atoms with E-state index in [1.54, 1.807) is 6.20 Å². The van der Waals surface area contributed by atoms with Crippen molar-refractivity contribution in [1.29, 1.82) is 0 Å². The molecule has 1 aromatic rings. The minimum Gasteiger partial charge on any atom is -0.344 e. The first-order chi connectivity index (χ1) is 14.6. The molecule has 1 aliphatic carbocycles. The van der Waals surface area contributed by atoms with Crippen molar-refractivity contribution in [1.82, 2.24) is 4.90 Å². The van der Waals surface area contributed by atoms with Gasteiger partial charge in [0.05, 0.1) is 11.8 Å². The molecule has 0 N–H and O–H groups in total. The van der Waals surface area contributed by atoms with Crippen molar-refractivity contribution in [3.05, 3.63) is 89.4 Å². The maximum atomic E-state index is 5.04. The van der Waals surface area contributed by atoms with E-state index < -0.39 is 0 Å². The maximum Gasteiger partial charge on any atom is 0.0666 e. The fraction of sp³-hybridized carbons (Fsp3) is 0.333. The predicted octanol–water partition coefficient (Wildman–Crippen LogP) is 6.79. The summed E-state index contributed by atoms with van der Waals surface area (Å²) in [7, 11) is 0. The number of aryl methyl sites for hydroxylation is 1. The third-order valence-corrected chi connectivity index (χ3v) is 5.69. The second kappa shape index (κ2) is 10.7. The summed E-state index contributed by atoms with van der Waals surface area (Å²) >= 11 is 0. The van der Waals surface area contributed by atoms with Crippen LogP contribution in [-0.2, 0) is 6.54 Å².